The first-order valence-corrected chi connectivity index (χ1v) is 19.5. The molecule has 0 unspecified atom stereocenters. The van der Waals surface area contributed by atoms with Crippen LogP contribution in [0.25, 0.3) is 11.3 Å². The van der Waals surface area contributed by atoms with Crippen LogP contribution in [0.2, 0.25) is 0 Å². The number of carbonyl (C=O) groups excluding carboxylic acids is 2. The van der Waals surface area contributed by atoms with E-state index in [2.05, 4.69) is 32.2 Å². The summed E-state index contributed by atoms with van der Waals surface area (Å²) in [7, 11) is 4.00. The van der Waals surface area contributed by atoms with Crippen molar-refractivity contribution in [3.05, 3.63) is 89.7 Å². The van der Waals surface area contributed by atoms with Crippen LogP contribution >= 0.6 is 0 Å². The summed E-state index contributed by atoms with van der Waals surface area (Å²) in [5.74, 6) is 2.46. The molecule has 3 aromatic heterocycles. The second kappa shape index (κ2) is 16.2. The summed E-state index contributed by atoms with van der Waals surface area (Å²) in [6.07, 6.45) is 6.36. The SMILES string of the molecule is C[C@H](CN(C)C)Oc1cccc(-n2nc(C(C)(C)C)cc2N(OC=O)C(=O)N[C@H]2CC[C@@H](Oc3ccc4nnc(N5CCCC[C@@H]5C)n4c3)c3ccccc32)c1. The lowest BCUT2D eigenvalue weighted by molar-refractivity contribution is -0.129. The molecule has 1 aliphatic heterocycles. The van der Waals surface area contributed by atoms with E-state index >= 15 is 0 Å². The van der Waals surface area contributed by atoms with Crippen molar-refractivity contribution in [1.82, 2.24) is 34.6 Å². The molecular formula is C42H53N9O5. The Kier molecular flexibility index (Phi) is 11.2. The van der Waals surface area contributed by atoms with Crippen molar-refractivity contribution in [2.24, 2.45) is 0 Å². The van der Waals surface area contributed by atoms with Gasteiger partial charge >= 0.3 is 12.5 Å². The number of hydrogen-bond acceptors (Lipinski definition) is 10. The highest BCUT2D eigenvalue weighted by atomic mass is 16.7. The number of urea groups is 1. The predicted molar refractivity (Wildman–Crippen MR) is 214 cm³/mol. The Labute approximate surface area is 328 Å². The number of aromatic nitrogens is 5. The van der Waals surface area contributed by atoms with Crippen LogP contribution in [0.1, 0.15) is 95.7 Å². The van der Waals surface area contributed by atoms with Crippen molar-refractivity contribution in [2.75, 3.05) is 37.1 Å². The van der Waals surface area contributed by atoms with Gasteiger partial charge in [0, 0.05) is 36.7 Å². The van der Waals surface area contributed by atoms with Crippen LogP contribution in [0.5, 0.6) is 11.5 Å². The number of rotatable bonds is 12. The van der Waals surface area contributed by atoms with Crippen LogP contribution in [0.15, 0.2) is 72.9 Å². The van der Waals surface area contributed by atoms with Crippen LogP contribution in [0, 0.1) is 0 Å². The molecule has 0 radical (unpaired) electrons. The number of fused-ring (bicyclic) bond motifs is 2. The molecule has 4 atom stereocenters. The Bertz CT molecular complexity index is 2160. The third-order valence-electron chi connectivity index (χ3n) is 10.5. The van der Waals surface area contributed by atoms with Gasteiger partial charge in [0.15, 0.2) is 11.5 Å². The first-order chi connectivity index (χ1) is 26.9. The number of hydrogen-bond donors (Lipinski definition) is 1. The van der Waals surface area contributed by atoms with Crippen LogP contribution in [0.3, 0.4) is 0 Å². The average Bonchev–Trinajstić information content (AvgIpc) is 3.80. The van der Waals surface area contributed by atoms with Gasteiger partial charge < -0.3 is 29.4 Å². The van der Waals surface area contributed by atoms with Gasteiger partial charge in [-0.25, -0.2) is 9.48 Å². The molecule has 0 spiro atoms. The topological polar surface area (TPSA) is 132 Å². The molecule has 2 aromatic carbocycles. The molecule has 2 aliphatic rings. The first-order valence-electron chi connectivity index (χ1n) is 19.5. The molecule has 14 heteroatoms. The van der Waals surface area contributed by atoms with Gasteiger partial charge in [-0.15, -0.1) is 15.3 Å². The number of anilines is 2. The summed E-state index contributed by atoms with van der Waals surface area (Å²) < 4.78 is 16.5. The molecule has 4 heterocycles. The minimum atomic E-state index is -0.609. The van der Waals surface area contributed by atoms with E-state index in [-0.39, 0.29) is 36.0 Å². The molecule has 14 nitrogen and oxygen atoms in total. The van der Waals surface area contributed by atoms with Crippen molar-refractivity contribution in [3.63, 3.8) is 0 Å². The summed E-state index contributed by atoms with van der Waals surface area (Å²) in [4.78, 5) is 36.0. The smallest absolute Gasteiger partial charge is 0.357 e. The lowest BCUT2D eigenvalue weighted by Gasteiger charge is -2.34. The van der Waals surface area contributed by atoms with E-state index < -0.39 is 6.03 Å². The van der Waals surface area contributed by atoms with Gasteiger partial charge in [0.1, 0.15) is 23.7 Å². The number of hydroxylamine groups is 1. The third-order valence-corrected chi connectivity index (χ3v) is 10.5. The van der Waals surface area contributed by atoms with Gasteiger partial charge in [-0.3, -0.25) is 9.20 Å². The maximum atomic E-state index is 14.2. The lowest BCUT2D eigenvalue weighted by atomic mass is 9.85. The fourth-order valence-electron chi connectivity index (χ4n) is 7.71. The van der Waals surface area contributed by atoms with E-state index in [0.29, 0.717) is 41.8 Å². The summed E-state index contributed by atoms with van der Waals surface area (Å²) in [6, 6.07) is 20.5. The molecule has 56 heavy (non-hydrogen) atoms. The Morgan fingerprint density at radius 2 is 1.79 bits per heavy atom. The largest absolute Gasteiger partial charge is 0.489 e. The quantitative estimate of drug-likeness (QED) is 0.103. The fraction of sp³-hybridized carbons (Fsp3) is 0.452. The zero-order valence-electron chi connectivity index (χ0n) is 33.4. The number of amides is 2. The van der Waals surface area contributed by atoms with Gasteiger partial charge in [0.25, 0.3) is 0 Å². The molecule has 1 saturated heterocycles. The Hall–Kier alpha value is -5.63. The number of carbonyl (C=O) groups is 2. The Morgan fingerprint density at radius 3 is 2.54 bits per heavy atom. The van der Waals surface area contributed by atoms with Crippen molar-refractivity contribution < 1.29 is 23.9 Å². The maximum Gasteiger partial charge on any atom is 0.357 e. The van der Waals surface area contributed by atoms with Crippen LogP contribution < -0.4 is 24.8 Å². The molecule has 7 rings (SSSR count). The molecule has 0 saturated carbocycles. The summed E-state index contributed by atoms with van der Waals surface area (Å²) in [5.41, 5.74) is 3.64. The van der Waals surface area contributed by atoms with E-state index in [4.69, 9.17) is 19.4 Å². The highest BCUT2D eigenvalue weighted by Crippen LogP contribution is 2.40. The van der Waals surface area contributed by atoms with Crippen LogP contribution in [-0.4, -0.2) is 81.1 Å². The second-order valence-corrected chi connectivity index (χ2v) is 16.2. The summed E-state index contributed by atoms with van der Waals surface area (Å²) in [6.45, 7) is 12.3. The fourth-order valence-corrected chi connectivity index (χ4v) is 7.71. The van der Waals surface area contributed by atoms with Gasteiger partial charge in [0.05, 0.1) is 23.6 Å². The summed E-state index contributed by atoms with van der Waals surface area (Å²) >= 11 is 0. The molecule has 1 N–H and O–H groups in total. The Morgan fingerprint density at radius 1 is 0.982 bits per heavy atom. The number of pyridine rings is 1. The molecule has 1 aliphatic carbocycles. The van der Waals surface area contributed by atoms with Gasteiger partial charge in [-0.2, -0.15) is 5.10 Å². The number of piperidine rings is 1. The molecule has 0 bridgehead atoms. The Balaban J connectivity index is 1.13. The van der Waals surface area contributed by atoms with Crippen LogP contribution in [-0.2, 0) is 15.0 Å². The molecule has 1 fully saturated rings. The van der Waals surface area contributed by atoms with E-state index in [9.17, 15) is 9.59 Å². The van der Waals surface area contributed by atoms with E-state index in [1.165, 1.54) is 6.42 Å². The molecule has 296 valence electrons. The minimum absolute atomic E-state index is 0.0644. The van der Waals surface area contributed by atoms with Crippen molar-refractivity contribution in [3.8, 4) is 17.2 Å². The average molecular weight is 764 g/mol. The van der Waals surface area contributed by atoms with E-state index in [0.717, 1.165) is 53.7 Å². The van der Waals surface area contributed by atoms with Crippen molar-refractivity contribution >= 4 is 29.9 Å². The zero-order chi connectivity index (χ0) is 39.6. The predicted octanol–water partition coefficient (Wildman–Crippen LogP) is 7.18. The van der Waals surface area contributed by atoms with E-state index in [1.807, 2.05) is 113 Å². The van der Waals surface area contributed by atoms with E-state index in [1.54, 1.807) is 10.7 Å². The zero-order valence-corrected chi connectivity index (χ0v) is 33.4. The number of likely N-dealkylation sites (N-methyl/N-ethyl adjacent to an activating group) is 1. The monoisotopic (exact) mass is 763 g/mol. The standard InChI is InChI=1S/C42H53N9O5/c1-28-13-10-11-22-48(28)40-45-44-38-21-18-32(26-49(38)40)56-36-20-19-35(33-16-8-9-17-34(33)36)43-41(53)51(54-27-52)39-24-37(42(3,4)5)46-50(39)30-14-12-15-31(23-30)55-29(2)25-47(6)7/h8-9,12,14-18,21,23-24,26-29,35-36H,10-11,13,19-20,22,25H2,1-7H3,(H,43,53)/t28-,29+,35-,36+/m0/s1. The number of nitrogens with zero attached hydrogens (tertiary/aromatic N) is 8. The highest BCUT2D eigenvalue weighted by molar-refractivity contribution is 5.90. The van der Waals surface area contributed by atoms with Gasteiger partial charge in [-0.05, 0) is 95.4 Å². The lowest BCUT2D eigenvalue weighted by Crippen LogP contribution is -2.43. The molecule has 5 aromatic rings. The minimum Gasteiger partial charge on any atom is -0.489 e. The summed E-state index contributed by atoms with van der Waals surface area (Å²) in [5, 5.41) is 18.0. The number of benzene rings is 2. The normalized spacial score (nSPS) is 19.0. The number of ether oxygens (including phenoxy) is 2. The third kappa shape index (κ3) is 8.30. The maximum absolute atomic E-state index is 14.2. The molecular weight excluding hydrogens is 711 g/mol. The highest BCUT2D eigenvalue weighted by Gasteiger charge is 2.34. The first kappa shape index (κ1) is 38.6. The van der Waals surface area contributed by atoms with Crippen molar-refractivity contribution in [1.29, 1.82) is 0 Å². The van der Waals surface area contributed by atoms with Crippen LogP contribution in [0.4, 0.5) is 16.6 Å². The van der Waals surface area contributed by atoms with Gasteiger partial charge in [0.2, 0.25) is 5.95 Å². The molecule has 2 amide bonds. The number of nitrogens with one attached hydrogen (secondary N) is 1. The van der Waals surface area contributed by atoms with Gasteiger partial charge in [-0.1, -0.05) is 51.1 Å². The van der Waals surface area contributed by atoms with Crippen molar-refractivity contribution in [2.45, 2.75) is 96.4 Å². The second-order valence-electron chi connectivity index (χ2n) is 16.2.